The van der Waals surface area contributed by atoms with Gasteiger partial charge >= 0.3 is 0 Å². The standard InChI is InChI=1S/C17H24F3NOS/c1-12(21-23-16(2,3)4)13-8-7-9-14(15(13)18)17(19,20)10-5-6-11-22/h7-9,22H,5-6,10-11H2,1-4H3. The van der Waals surface area contributed by atoms with Crippen LogP contribution in [0.3, 0.4) is 0 Å². The minimum absolute atomic E-state index is 0.0982. The van der Waals surface area contributed by atoms with Crippen LogP contribution in [0.15, 0.2) is 22.6 Å². The maximum absolute atomic E-state index is 14.5. The first-order chi connectivity index (χ1) is 10.6. The van der Waals surface area contributed by atoms with Crippen LogP contribution in [0.4, 0.5) is 13.2 Å². The smallest absolute Gasteiger partial charge is 0.276 e. The highest BCUT2D eigenvalue weighted by Crippen LogP contribution is 2.36. The van der Waals surface area contributed by atoms with E-state index in [0.717, 1.165) is 6.07 Å². The average molecular weight is 347 g/mol. The molecule has 1 rings (SSSR count). The van der Waals surface area contributed by atoms with Crippen molar-refractivity contribution in [3.05, 3.63) is 35.1 Å². The van der Waals surface area contributed by atoms with Crippen LogP contribution in [0.2, 0.25) is 0 Å². The molecule has 0 aliphatic heterocycles. The Hall–Kier alpha value is -1.01. The third-order valence-corrected chi connectivity index (χ3v) is 4.05. The number of hydrogen-bond acceptors (Lipinski definition) is 3. The predicted molar refractivity (Wildman–Crippen MR) is 90.8 cm³/mol. The van der Waals surface area contributed by atoms with E-state index >= 15 is 0 Å². The lowest BCUT2D eigenvalue weighted by Crippen LogP contribution is -2.17. The molecule has 0 unspecified atom stereocenters. The molecular weight excluding hydrogens is 323 g/mol. The van der Waals surface area contributed by atoms with Crippen LogP contribution in [0.1, 0.15) is 58.1 Å². The number of alkyl halides is 2. The summed E-state index contributed by atoms with van der Waals surface area (Å²) in [6, 6.07) is 4.00. The Kier molecular flexibility index (Phi) is 7.14. The van der Waals surface area contributed by atoms with Gasteiger partial charge in [0.15, 0.2) is 0 Å². The number of aliphatic hydroxyl groups is 1. The van der Waals surface area contributed by atoms with Gasteiger partial charge in [0.05, 0.1) is 11.3 Å². The van der Waals surface area contributed by atoms with Crippen molar-refractivity contribution in [3.8, 4) is 0 Å². The second-order valence-corrected chi connectivity index (χ2v) is 8.02. The quantitative estimate of drug-likeness (QED) is 0.410. The molecule has 2 nitrogen and oxygen atoms in total. The van der Waals surface area contributed by atoms with Gasteiger partial charge in [-0.2, -0.15) is 0 Å². The van der Waals surface area contributed by atoms with E-state index in [9.17, 15) is 13.2 Å². The van der Waals surface area contributed by atoms with Crippen LogP contribution in [-0.2, 0) is 5.92 Å². The molecule has 0 aromatic heterocycles. The predicted octanol–water partition coefficient (Wildman–Crippen LogP) is 5.34. The van der Waals surface area contributed by atoms with Crippen LogP contribution >= 0.6 is 11.9 Å². The Morgan fingerprint density at radius 3 is 2.43 bits per heavy atom. The number of rotatable bonds is 7. The third-order valence-electron chi connectivity index (χ3n) is 3.14. The van der Waals surface area contributed by atoms with Crippen LogP contribution in [0.5, 0.6) is 0 Å². The van der Waals surface area contributed by atoms with E-state index in [4.69, 9.17) is 5.11 Å². The lowest BCUT2D eigenvalue weighted by Gasteiger charge is -2.19. The Labute approximate surface area is 140 Å². The molecule has 0 saturated heterocycles. The van der Waals surface area contributed by atoms with E-state index < -0.39 is 23.7 Å². The summed E-state index contributed by atoms with van der Waals surface area (Å²) >= 11 is 1.28. The number of aliphatic hydroxyl groups excluding tert-OH is 1. The Morgan fingerprint density at radius 1 is 1.22 bits per heavy atom. The molecule has 0 amide bonds. The summed E-state index contributed by atoms with van der Waals surface area (Å²) in [7, 11) is 0. The van der Waals surface area contributed by atoms with E-state index in [1.807, 2.05) is 20.8 Å². The molecule has 0 saturated carbocycles. The van der Waals surface area contributed by atoms with Crippen LogP contribution in [0.25, 0.3) is 0 Å². The highest BCUT2D eigenvalue weighted by atomic mass is 32.2. The van der Waals surface area contributed by atoms with Crippen molar-refractivity contribution >= 4 is 17.7 Å². The molecule has 0 bridgehead atoms. The Morgan fingerprint density at radius 2 is 1.87 bits per heavy atom. The fraction of sp³-hybridized carbons (Fsp3) is 0.588. The van der Waals surface area contributed by atoms with Crippen molar-refractivity contribution in [2.24, 2.45) is 4.40 Å². The van der Waals surface area contributed by atoms with E-state index in [-0.39, 0.29) is 29.8 Å². The number of benzene rings is 1. The molecule has 1 N–H and O–H groups in total. The zero-order valence-electron chi connectivity index (χ0n) is 14.0. The van der Waals surface area contributed by atoms with Gasteiger partial charge in [-0.05, 0) is 52.5 Å². The summed E-state index contributed by atoms with van der Waals surface area (Å²) in [6.45, 7) is 7.38. The lowest BCUT2D eigenvalue weighted by molar-refractivity contribution is -0.0198. The molecule has 0 atom stereocenters. The fourth-order valence-corrected chi connectivity index (χ4v) is 2.45. The Balaban J connectivity index is 3.06. The maximum atomic E-state index is 14.5. The first kappa shape index (κ1) is 20.0. The number of nitrogens with zero attached hydrogens (tertiary/aromatic N) is 1. The second kappa shape index (κ2) is 8.20. The fourth-order valence-electron chi connectivity index (χ4n) is 1.94. The first-order valence-corrected chi connectivity index (χ1v) is 8.36. The van der Waals surface area contributed by atoms with E-state index in [1.54, 1.807) is 6.92 Å². The summed E-state index contributed by atoms with van der Waals surface area (Å²) in [6.07, 6.45) is -0.0689. The van der Waals surface area contributed by atoms with Crippen LogP contribution in [-0.4, -0.2) is 22.2 Å². The molecular formula is C17H24F3NOS. The largest absolute Gasteiger partial charge is 0.396 e. The highest BCUT2D eigenvalue weighted by Gasteiger charge is 2.34. The van der Waals surface area contributed by atoms with Gasteiger partial charge in [0, 0.05) is 23.3 Å². The molecule has 0 radical (unpaired) electrons. The molecule has 1 aromatic carbocycles. The maximum Gasteiger partial charge on any atom is 0.276 e. The zero-order chi connectivity index (χ0) is 17.7. The SMILES string of the molecule is CC(=NSC(C)(C)C)c1cccc(C(F)(F)CCCCO)c1F. The monoisotopic (exact) mass is 347 g/mol. The molecule has 0 aliphatic rings. The summed E-state index contributed by atoms with van der Waals surface area (Å²) < 4.78 is 47.0. The molecule has 23 heavy (non-hydrogen) atoms. The van der Waals surface area contributed by atoms with Crippen molar-refractivity contribution < 1.29 is 18.3 Å². The van der Waals surface area contributed by atoms with Crippen molar-refractivity contribution in [3.63, 3.8) is 0 Å². The third kappa shape index (κ3) is 6.18. The molecule has 0 spiro atoms. The van der Waals surface area contributed by atoms with Crippen LogP contribution in [0, 0.1) is 5.82 Å². The number of hydrogen-bond donors (Lipinski definition) is 1. The van der Waals surface area contributed by atoms with E-state index in [0.29, 0.717) is 5.71 Å². The Bertz CT molecular complexity index is 553. The van der Waals surface area contributed by atoms with Gasteiger partial charge in [-0.15, -0.1) is 0 Å². The first-order valence-electron chi connectivity index (χ1n) is 7.59. The number of unbranched alkanes of at least 4 members (excludes halogenated alkanes) is 1. The summed E-state index contributed by atoms with van der Waals surface area (Å²) in [4.78, 5) is 0. The van der Waals surface area contributed by atoms with Gasteiger partial charge in [-0.1, -0.05) is 18.2 Å². The summed E-state index contributed by atoms with van der Waals surface area (Å²) in [5.74, 6) is -4.18. The average Bonchev–Trinajstić information content (AvgIpc) is 2.44. The summed E-state index contributed by atoms with van der Waals surface area (Å²) in [5, 5.41) is 8.69. The molecule has 0 heterocycles. The number of halogens is 3. The van der Waals surface area contributed by atoms with Crippen molar-refractivity contribution in [2.45, 2.75) is 57.6 Å². The molecule has 0 aliphatic carbocycles. The second-order valence-electron chi connectivity index (χ2n) is 6.43. The molecule has 1 aromatic rings. The zero-order valence-corrected chi connectivity index (χ0v) is 14.8. The lowest BCUT2D eigenvalue weighted by atomic mass is 9.98. The molecule has 6 heteroatoms. The van der Waals surface area contributed by atoms with Gasteiger partial charge < -0.3 is 5.11 Å². The van der Waals surface area contributed by atoms with E-state index in [2.05, 4.69) is 4.40 Å². The highest BCUT2D eigenvalue weighted by molar-refractivity contribution is 7.99. The summed E-state index contributed by atoms with van der Waals surface area (Å²) in [5.41, 5.74) is -0.125. The van der Waals surface area contributed by atoms with E-state index in [1.165, 1.54) is 24.1 Å². The normalized spacial score (nSPS) is 13.5. The van der Waals surface area contributed by atoms with Gasteiger partial charge in [0.1, 0.15) is 5.82 Å². The minimum Gasteiger partial charge on any atom is -0.396 e. The van der Waals surface area contributed by atoms with Gasteiger partial charge in [-0.25, -0.2) is 17.6 Å². The van der Waals surface area contributed by atoms with Gasteiger partial charge in [-0.3, -0.25) is 0 Å². The molecule has 0 fully saturated rings. The van der Waals surface area contributed by atoms with Crippen molar-refractivity contribution in [1.29, 1.82) is 0 Å². The van der Waals surface area contributed by atoms with Crippen LogP contribution < -0.4 is 0 Å². The topological polar surface area (TPSA) is 32.6 Å². The van der Waals surface area contributed by atoms with Crippen molar-refractivity contribution in [2.75, 3.05) is 6.61 Å². The van der Waals surface area contributed by atoms with Gasteiger partial charge in [0.2, 0.25) is 0 Å². The minimum atomic E-state index is -3.26. The molecule has 130 valence electrons. The van der Waals surface area contributed by atoms with Gasteiger partial charge in [0.25, 0.3) is 5.92 Å². The van der Waals surface area contributed by atoms with Crippen molar-refractivity contribution in [1.82, 2.24) is 0 Å².